The third-order valence-corrected chi connectivity index (χ3v) is 4.36. The van der Waals surface area contributed by atoms with Crippen molar-refractivity contribution in [2.45, 2.75) is 32.2 Å². The van der Waals surface area contributed by atoms with Crippen molar-refractivity contribution in [3.05, 3.63) is 71.3 Å². The zero-order chi connectivity index (χ0) is 18.2. The van der Waals surface area contributed by atoms with Gasteiger partial charge in [-0.05, 0) is 30.0 Å². The summed E-state index contributed by atoms with van der Waals surface area (Å²) < 4.78 is 0. The lowest BCUT2D eigenvalue weighted by Gasteiger charge is -2.18. The minimum atomic E-state index is -0.836. The molecule has 0 aliphatic heterocycles. The number of benzene rings is 2. The van der Waals surface area contributed by atoms with Crippen LogP contribution in [0, 0.1) is 0 Å². The van der Waals surface area contributed by atoms with E-state index in [0.717, 1.165) is 6.42 Å². The molecule has 0 spiro atoms. The Hall–Kier alpha value is -2.37. The maximum Gasteiger partial charge on any atom is 0.338 e. The van der Waals surface area contributed by atoms with E-state index >= 15 is 0 Å². The van der Waals surface area contributed by atoms with Crippen molar-refractivity contribution in [2.75, 3.05) is 13.1 Å². The van der Waals surface area contributed by atoms with Crippen LogP contribution in [0.25, 0.3) is 0 Å². The van der Waals surface area contributed by atoms with E-state index in [-0.39, 0.29) is 12.6 Å². The second-order valence-electron chi connectivity index (χ2n) is 6.40. The second-order valence-corrected chi connectivity index (χ2v) is 6.40. The van der Waals surface area contributed by atoms with Crippen LogP contribution < -0.4 is 11.1 Å². The van der Waals surface area contributed by atoms with Crippen LogP contribution in [-0.2, 0) is 6.42 Å². The topological polar surface area (TPSA) is 78.6 Å². The molecule has 4 N–H and O–H groups in total. The lowest BCUT2D eigenvalue weighted by atomic mass is 9.91. The van der Waals surface area contributed by atoms with E-state index in [1.807, 2.05) is 6.07 Å². The molecule has 25 heavy (non-hydrogen) atoms. The first-order chi connectivity index (χ1) is 12.0. The number of hydrogen-bond donors (Lipinski definition) is 3. The molecule has 0 heterocycles. The molecule has 0 fully saturated rings. The summed E-state index contributed by atoms with van der Waals surface area (Å²) in [5.41, 5.74) is 8.84. The van der Waals surface area contributed by atoms with Crippen molar-refractivity contribution in [2.24, 2.45) is 5.73 Å². The summed E-state index contributed by atoms with van der Waals surface area (Å²) in [7, 11) is 0. The fraction of sp³-hybridized carbons (Fsp3) is 0.350. The summed E-state index contributed by atoms with van der Waals surface area (Å²) in [4.78, 5) is 10.8. The van der Waals surface area contributed by atoms with E-state index in [9.17, 15) is 10.0 Å². The first-order valence-corrected chi connectivity index (χ1v) is 8.60. The van der Waals surface area contributed by atoms with Crippen LogP contribution in [0.1, 0.15) is 36.5 Å². The molecule has 134 valence electrons. The van der Waals surface area contributed by atoms with Gasteiger partial charge in [-0.15, -0.1) is 0 Å². The molecule has 0 saturated heterocycles. The molecular weight excluding hydrogens is 314 g/mol. The van der Waals surface area contributed by atoms with Gasteiger partial charge in [0.15, 0.2) is 0 Å². The smallest absolute Gasteiger partial charge is 0.338 e. The Morgan fingerprint density at radius 3 is 2.48 bits per heavy atom. The maximum absolute atomic E-state index is 10.8. The minimum absolute atomic E-state index is 0.171. The van der Waals surface area contributed by atoms with E-state index < -0.39 is 6.03 Å². The van der Waals surface area contributed by atoms with Gasteiger partial charge in [0.2, 0.25) is 0 Å². The van der Waals surface area contributed by atoms with Gasteiger partial charge in [-0.2, -0.15) is 0 Å². The second kappa shape index (κ2) is 9.20. The van der Waals surface area contributed by atoms with Crippen LogP contribution in [-0.4, -0.2) is 35.4 Å². The van der Waals surface area contributed by atoms with Crippen molar-refractivity contribution in [3.63, 3.8) is 0 Å². The predicted octanol–water partition coefficient (Wildman–Crippen LogP) is 3.13. The van der Waals surface area contributed by atoms with Crippen molar-refractivity contribution < 1.29 is 10.0 Å². The summed E-state index contributed by atoms with van der Waals surface area (Å²) >= 11 is 0. The van der Waals surface area contributed by atoms with Crippen molar-refractivity contribution >= 4 is 6.03 Å². The van der Waals surface area contributed by atoms with Gasteiger partial charge in [-0.1, -0.05) is 61.5 Å². The van der Waals surface area contributed by atoms with Crippen LogP contribution in [0.2, 0.25) is 0 Å². The maximum atomic E-state index is 10.8. The van der Waals surface area contributed by atoms with Gasteiger partial charge in [-0.3, -0.25) is 5.21 Å². The first kappa shape index (κ1) is 19.0. The zero-order valence-corrected chi connectivity index (χ0v) is 14.9. The lowest BCUT2D eigenvalue weighted by molar-refractivity contribution is -0.0382. The molecule has 5 heteroatoms. The fourth-order valence-corrected chi connectivity index (χ4v) is 2.88. The molecular formula is C20H27N3O2. The SMILES string of the molecule is CC(Cc1cccc(C(C)c2ccccc2)c1)NCCN(O)C(N)=O. The number of hydroxylamine groups is 2. The number of primary amides is 1. The largest absolute Gasteiger partial charge is 0.350 e. The Kier molecular flexibility index (Phi) is 6.98. The van der Waals surface area contributed by atoms with Crippen LogP contribution in [0.15, 0.2) is 54.6 Å². The molecule has 2 atom stereocenters. The molecule has 0 radical (unpaired) electrons. The quantitative estimate of drug-likeness (QED) is 0.510. The Balaban J connectivity index is 1.91. The Labute approximate surface area is 149 Å². The van der Waals surface area contributed by atoms with E-state index in [2.05, 4.69) is 67.7 Å². The van der Waals surface area contributed by atoms with Crippen LogP contribution in [0.4, 0.5) is 4.79 Å². The highest BCUT2D eigenvalue weighted by atomic mass is 16.5. The lowest BCUT2D eigenvalue weighted by Crippen LogP contribution is -2.40. The molecule has 0 aliphatic carbocycles. The number of hydrogen-bond acceptors (Lipinski definition) is 3. The monoisotopic (exact) mass is 341 g/mol. The van der Waals surface area contributed by atoms with Gasteiger partial charge < -0.3 is 11.1 Å². The van der Waals surface area contributed by atoms with Gasteiger partial charge in [-0.25, -0.2) is 9.86 Å². The molecule has 2 aromatic rings. The number of carbonyl (C=O) groups is 1. The zero-order valence-electron chi connectivity index (χ0n) is 14.9. The van der Waals surface area contributed by atoms with Crippen LogP contribution >= 0.6 is 0 Å². The van der Waals surface area contributed by atoms with E-state index in [1.54, 1.807) is 0 Å². The summed E-state index contributed by atoms with van der Waals surface area (Å²) in [6, 6.07) is 18.5. The van der Waals surface area contributed by atoms with Crippen molar-refractivity contribution in [3.8, 4) is 0 Å². The number of carbonyl (C=O) groups excluding carboxylic acids is 1. The van der Waals surface area contributed by atoms with E-state index in [0.29, 0.717) is 17.5 Å². The Morgan fingerprint density at radius 1 is 1.12 bits per heavy atom. The average Bonchev–Trinajstić information content (AvgIpc) is 2.61. The normalized spacial score (nSPS) is 13.2. The summed E-state index contributed by atoms with van der Waals surface area (Å²) in [6.45, 7) is 4.96. The third kappa shape index (κ3) is 5.89. The van der Waals surface area contributed by atoms with Gasteiger partial charge in [0.25, 0.3) is 0 Å². The standard InChI is InChI=1S/C20H27N3O2/c1-15(22-11-12-23(25)20(21)24)13-17-7-6-10-19(14-17)16(2)18-8-4-3-5-9-18/h3-10,14-16,22,25H,11-13H2,1-2H3,(H2,21,24). The summed E-state index contributed by atoms with van der Waals surface area (Å²) in [6.07, 6.45) is 0.872. The highest BCUT2D eigenvalue weighted by Crippen LogP contribution is 2.24. The van der Waals surface area contributed by atoms with Crippen molar-refractivity contribution in [1.82, 2.24) is 10.4 Å². The molecule has 0 saturated carbocycles. The molecule has 0 bridgehead atoms. The average molecular weight is 341 g/mol. The number of nitrogens with one attached hydrogen (secondary N) is 1. The Morgan fingerprint density at radius 2 is 1.80 bits per heavy atom. The third-order valence-electron chi connectivity index (χ3n) is 4.36. The highest BCUT2D eigenvalue weighted by molar-refractivity contribution is 5.70. The number of rotatable bonds is 8. The van der Waals surface area contributed by atoms with Gasteiger partial charge in [0, 0.05) is 18.5 Å². The molecule has 2 unspecified atom stereocenters. The number of nitrogens with zero attached hydrogens (tertiary/aromatic N) is 1. The van der Waals surface area contributed by atoms with Gasteiger partial charge in [0.05, 0.1) is 6.54 Å². The van der Waals surface area contributed by atoms with Gasteiger partial charge in [0.1, 0.15) is 0 Å². The van der Waals surface area contributed by atoms with Crippen LogP contribution in [0.5, 0.6) is 0 Å². The van der Waals surface area contributed by atoms with E-state index in [4.69, 9.17) is 5.73 Å². The Bertz CT molecular complexity index is 676. The van der Waals surface area contributed by atoms with Gasteiger partial charge >= 0.3 is 6.03 Å². The van der Waals surface area contributed by atoms with Crippen LogP contribution in [0.3, 0.4) is 0 Å². The molecule has 0 aliphatic rings. The predicted molar refractivity (Wildman–Crippen MR) is 99.6 cm³/mol. The molecule has 2 aromatic carbocycles. The molecule has 0 aromatic heterocycles. The van der Waals surface area contributed by atoms with E-state index in [1.165, 1.54) is 16.7 Å². The minimum Gasteiger partial charge on any atom is -0.350 e. The number of amides is 2. The summed E-state index contributed by atoms with van der Waals surface area (Å²) in [5, 5.41) is 13.1. The fourth-order valence-electron chi connectivity index (χ4n) is 2.88. The first-order valence-electron chi connectivity index (χ1n) is 8.60. The number of nitrogens with two attached hydrogens (primary N) is 1. The molecule has 5 nitrogen and oxygen atoms in total. The van der Waals surface area contributed by atoms with Crippen molar-refractivity contribution in [1.29, 1.82) is 0 Å². The summed E-state index contributed by atoms with van der Waals surface area (Å²) in [5.74, 6) is 0.350. The number of urea groups is 1. The highest BCUT2D eigenvalue weighted by Gasteiger charge is 2.10. The molecule has 2 amide bonds. The molecule has 2 rings (SSSR count).